The second kappa shape index (κ2) is 6.60. The summed E-state index contributed by atoms with van der Waals surface area (Å²) in [5, 5.41) is 5.05. The average Bonchev–Trinajstić information content (AvgIpc) is 3.24. The van der Waals surface area contributed by atoms with Crippen molar-refractivity contribution in [3.8, 4) is 11.3 Å². The Balaban J connectivity index is 1.27. The van der Waals surface area contributed by atoms with Crippen LogP contribution in [0.4, 0.5) is 5.69 Å². The molecule has 1 unspecified atom stereocenters. The molecule has 0 aliphatic heterocycles. The maximum atomic E-state index is 12.7. The molecule has 27 heavy (non-hydrogen) atoms. The first-order valence-corrected chi connectivity index (χ1v) is 10.4. The SMILES string of the molecule is O=C(Nc1ccc(-c2cn3ccsc3n2)cc1)C1C[C@H]2CCC[C@@H](C1)C2=O. The van der Waals surface area contributed by atoms with Crippen LogP contribution < -0.4 is 5.32 Å². The minimum Gasteiger partial charge on any atom is -0.326 e. The minimum absolute atomic E-state index is 0.0439. The van der Waals surface area contributed by atoms with Gasteiger partial charge in [-0.3, -0.25) is 14.0 Å². The van der Waals surface area contributed by atoms with Gasteiger partial charge in [0.15, 0.2) is 4.96 Å². The van der Waals surface area contributed by atoms with E-state index in [0.29, 0.717) is 18.6 Å². The summed E-state index contributed by atoms with van der Waals surface area (Å²) in [5.41, 5.74) is 2.76. The molecule has 1 N–H and O–H groups in total. The number of Topliss-reactive ketones (excluding diaryl/α,β-unsaturated/α-hetero) is 1. The molecule has 5 rings (SSSR count). The Bertz CT molecular complexity index is 960. The number of fused-ring (bicyclic) bond motifs is 3. The Morgan fingerprint density at radius 3 is 2.59 bits per heavy atom. The van der Waals surface area contributed by atoms with E-state index in [4.69, 9.17) is 0 Å². The van der Waals surface area contributed by atoms with E-state index in [1.165, 1.54) is 0 Å². The molecule has 2 aliphatic carbocycles. The third kappa shape index (κ3) is 3.08. The maximum Gasteiger partial charge on any atom is 0.227 e. The molecule has 0 spiro atoms. The lowest BCUT2D eigenvalue weighted by molar-refractivity contribution is -0.136. The molecule has 1 aromatic carbocycles. The van der Waals surface area contributed by atoms with Gasteiger partial charge in [0.05, 0.1) is 5.69 Å². The van der Waals surface area contributed by atoms with Gasteiger partial charge in [0.25, 0.3) is 0 Å². The molecule has 2 aromatic heterocycles. The van der Waals surface area contributed by atoms with Gasteiger partial charge in [-0.1, -0.05) is 18.6 Å². The quantitative estimate of drug-likeness (QED) is 0.734. The number of hydrogen-bond acceptors (Lipinski definition) is 4. The number of aromatic nitrogens is 2. The molecule has 3 aromatic rings. The number of imidazole rings is 1. The number of amides is 1. The van der Waals surface area contributed by atoms with Gasteiger partial charge in [-0.15, -0.1) is 11.3 Å². The highest BCUT2D eigenvalue weighted by Gasteiger charge is 2.41. The van der Waals surface area contributed by atoms with Gasteiger partial charge >= 0.3 is 0 Å². The Morgan fingerprint density at radius 1 is 1.15 bits per heavy atom. The van der Waals surface area contributed by atoms with Gasteiger partial charge < -0.3 is 5.32 Å². The first-order valence-electron chi connectivity index (χ1n) is 9.54. The van der Waals surface area contributed by atoms with Crippen molar-refractivity contribution in [2.24, 2.45) is 17.8 Å². The number of carbonyl (C=O) groups is 2. The fourth-order valence-corrected chi connectivity index (χ4v) is 5.23. The molecule has 2 bridgehead atoms. The van der Waals surface area contributed by atoms with Crippen molar-refractivity contribution in [1.29, 1.82) is 0 Å². The number of benzene rings is 1. The van der Waals surface area contributed by atoms with Crippen molar-refractivity contribution in [2.75, 3.05) is 5.32 Å². The van der Waals surface area contributed by atoms with E-state index >= 15 is 0 Å². The van der Waals surface area contributed by atoms with Crippen molar-refractivity contribution >= 4 is 33.7 Å². The van der Waals surface area contributed by atoms with Crippen LogP contribution in [0.25, 0.3) is 16.2 Å². The van der Waals surface area contributed by atoms with Crippen LogP contribution in [0.3, 0.4) is 0 Å². The highest BCUT2D eigenvalue weighted by molar-refractivity contribution is 7.15. The van der Waals surface area contributed by atoms with Gasteiger partial charge in [-0.25, -0.2) is 4.98 Å². The highest BCUT2D eigenvalue weighted by atomic mass is 32.1. The molecule has 5 nitrogen and oxygen atoms in total. The van der Waals surface area contributed by atoms with Crippen molar-refractivity contribution in [3.05, 3.63) is 42.0 Å². The summed E-state index contributed by atoms with van der Waals surface area (Å²) in [6, 6.07) is 7.83. The van der Waals surface area contributed by atoms with Gasteiger partial charge in [-0.2, -0.15) is 0 Å². The summed E-state index contributed by atoms with van der Waals surface area (Å²) in [6.45, 7) is 0. The van der Waals surface area contributed by atoms with E-state index in [0.717, 1.165) is 41.2 Å². The minimum atomic E-state index is -0.0439. The standard InChI is InChI=1S/C21H21N3O2S/c25-19-14-2-1-3-15(19)11-16(10-14)20(26)22-17-6-4-13(5-7-17)18-12-24-8-9-27-21(24)23-18/h4-9,12,14-16H,1-3,10-11H2,(H,22,26)/t14-,15+,16?. The first kappa shape index (κ1) is 16.7. The van der Waals surface area contributed by atoms with E-state index < -0.39 is 0 Å². The van der Waals surface area contributed by atoms with E-state index in [9.17, 15) is 9.59 Å². The zero-order chi connectivity index (χ0) is 18.4. The predicted molar refractivity (Wildman–Crippen MR) is 106 cm³/mol. The molecule has 6 heteroatoms. The zero-order valence-electron chi connectivity index (χ0n) is 14.9. The van der Waals surface area contributed by atoms with E-state index in [1.54, 1.807) is 11.3 Å². The molecule has 1 amide bonds. The van der Waals surface area contributed by atoms with Crippen LogP contribution in [0.2, 0.25) is 0 Å². The van der Waals surface area contributed by atoms with Gasteiger partial charge in [0.1, 0.15) is 5.78 Å². The van der Waals surface area contributed by atoms with Crippen LogP contribution in [-0.4, -0.2) is 21.1 Å². The lowest BCUT2D eigenvalue weighted by atomic mass is 9.67. The van der Waals surface area contributed by atoms with Crippen LogP contribution in [0.5, 0.6) is 0 Å². The fraction of sp³-hybridized carbons (Fsp3) is 0.381. The summed E-state index contributed by atoms with van der Waals surface area (Å²) in [6.07, 6.45) is 8.47. The molecule has 2 saturated carbocycles. The number of thiazole rings is 1. The van der Waals surface area contributed by atoms with Crippen molar-refractivity contribution in [3.63, 3.8) is 0 Å². The van der Waals surface area contributed by atoms with Crippen molar-refractivity contribution in [2.45, 2.75) is 32.1 Å². The van der Waals surface area contributed by atoms with Crippen molar-refractivity contribution < 1.29 is 9.59 Å². The summed E-state index contributed by atoms with van der Waals surface area (Å²) in [7, 11) is 0. The number of rotatable bonds is 3. The van der Waals surface area contributed by atoms with Crippen LogP contribution in [0.15, 0.2) is 42.0 Å². The van der Waals surface area contributed by atoms with Gasteiger partial charge in [0, 0.05) is 46.8 Å². The lowest BCUT2D eigenvalue weighted by Crippen LogP contribution is -2.40. The number of nitrogens with zero attached hydrogens (tertiary/aromatic N) is 2. The zero-order valence-corrected chi connectivity index (χ0v) is 15.7. The Hall–Kier alpha value is -2.47. The maximum absolute atomic E-state index is 12.7. The predicted octanol–water partition coefficient (Wildman–Crippen LogP) is 4.40. The Morgan fingerprint density at radius 2 is 1.89 bits per heavy atom. The normalized spacial score (nSPS) is 24.9. The molecular formula is C21H21N3O2S. The number of hydrogen-bond donors (Lipinski definition) is 1. The number of carbonyl (C=O) groups excluding carboxylic acids is 2. The summed E-state index contributed by atoms with van der Waals surface area (Å²) in [4.78, 5) is 30.5. The van der Waals surface area contributed by atoms with E-state index in [2.05, 4.69) is 10.3 Å². The number of ketones is 1. The number of anilines is 1. The smallest absolute Gasteiger partial charge is 0.227 e. The summed E-state index contributed by atoms with van der Waals surface area (Å²) >= 11 is 1.61. The van der Waals surface area contributed by atoms with Crippen LogP contribution in [-0.2, 0) is 9.59 Å². The van der Waals surface area contributed by atoms with Crippen LogP contribution in [0, 0.1) is 17.8 Å². The number of nitrogens with one attached hydrogen (secondary N) is 1. The molecular weight excluding hydrogens is 358 g/mol. The molecule has 2 aliphatic rings. The van der Waals surface area contributed by atoms with Crippen molar-refractivity contribution in [1.82, 2.24) is 9.38 Å². The van der Waals surface area contributed by atoms with E-state index in [-0.39, 0.29) is 23.7 Å². The average molecular weight is 379 g/mol. The molecule has 2 heterocycles. The van der Waals surface area contributed by atoms with Crippen LogP contribution >= 0.6 is 11.3 Å². The van der Waals surface area contributed by atoms with Crippen LogP contribution in [0.1, 0.15) is 32.1 Å². The fourth-order valence-electron chi connectivity index (χ4n) is 4.53. The monoisotopic (exact) mass is 379 g/mol. The van der Waals surface area contributed by atoms with Gasteiger partial charge in [-0.05, 0) is 37.8 Å². The van der Waals surface area contributed by atoms with E-state index in [1.807, 2.05) is 46.4 Å². The topological polar surface area (TPSA) is 63.5 Å². The Labute approximate surface area is 161 Å². The second-order valence-electron chi connectivity index (χ2n) is 7.68. The summed E-state index contributed by atoms with van der Waals surface area (Å²) in [5.74, 6) is 0.609. The second-order valence-corrected chi connectivity index (χ2v) is 8.55. The third-order valence-corrected chi connectivity index (χ3v) is 6.73. The summed E-state index contributed by atoms with van der Waals surface area (Å²) < 4.78 is 2.01. The third-order valence-electron chi connectivity index (χ3n) is 5.96. The first-order chi connectivity index (χ1) is 13.2. The molecule has 138 valence electrons. The Kier molecular flexibility index (Phi) is 4.08. The molecule has 0 radical (unpaired) electrons. The highest BCUT2D eigenvalue weighted by Crippen LogP contribution is 2.40. The van der Waals surface area contributed by atoms with Gasteiger partial charge in [0.2, 0.25) is 5.91 Å². The lowest BCUT2D eigenvalue weighted by Gasteiger charge is -2.36. The molecule has 2 fully saturated rings. The molecule has 0 saturated heterocycles. The molecule has 3 atom stereocenters. The largest absolute Gasteiger partial charge is 0.326 e.